The average molecular weight is 202 g/mol. The minimum atomic E-state index is 0.287. The van der Waals surface area contributed by atoms with Gasteiger partial charge in [-0.15, -0.1) is 0 Å². The number of hydrogen-bond donors (Lipinski definition) is 0. The summed E-state index contributed by atoms with van der Waals surface area (Å²) in [4.78, 5) is 4.21. The number of hydrogen-bond acceptors (Lipinski definition) is 3. The molecule has 0 amide bonds. The van der Waals surface area contributed by atoms with E-state index >= 15 is 0 Å². The minimum Gasteiger partial charge on any atom is -0.473 e. The Kier molecular flexibility index (Phi) is 2.59. The van der Waals surface area contributed by atoms with Gasteiger partial charge in [-0.2, -0.15) is 5.26 Å². The third-order valence-electron chi connectivity index (χ3n) is 2.46. The van der Waals surface area contributed by atoms with Gasteiger partial charge in [0.1, 0.15) is 17.7 Å². The Balaban J connectivity index is 2.26. The van der Waals surface area contributed by atoms with Crippen LogP contribution in [0.3, 0.4) is 0 Å². The summed E-state index contributed by atoms with van der Waals surface area (Å²) < 4.78 is 5.55. The fourth-order valence-corrected chi connectivity index (χ4v) is 1.30. The summed E-state index contributed by atoms with van der Waals surface area (Å²) in [6.07, 6.45) is 4.25. The Hall–Kier alpha value is -1.56. The van der Waals surface area contributed by atoms with Crippen LogP contribution in [-0.2, 0) is 0 Å². The monoisotopic (exact) mass is 202 g/mol. The third kappa shape index (κ3) is 2.27. The fourth-order valence-electron chi connectivity index (χ4n) is 1.30. The molecule has 1 saturated carbocycles. The predicted molar refractivity (Wildman–Crippen MR) is 56.7 cm³/mol. The molecule has 0 saturated heterocycles. The Morgan fingerprint density at radius 3 is 2.80 bits per heavy atom. The van der Waals surface area contributed by atoms with Crippen molar-refractivity contribution in [1.29, 1.82) is 5.26 Å². The number of aromatic nitrogens is 1. The third-order valence-corrected chi connectivity index (χ3v) is 2.46. The molecular formula is C12H14N2O. The molecule has 3 nitrogen and oxygen atoms in total. The SMILES string of the molecule is CC(C)c1cnc(OC2CC2)c(C#N)c1. The first kappa shape index (κ1) is 9.97. The summed E-state index contributed by atoms with van der Waals surface area (Å²) >= 11 is 0. The summed E-state index contributed by atoms with van der Waals surface area (Å²) in [7, 11) is 0. The van der Waals surface area contributed by atoms with Crippen LogP contribution >= 0.6 is 0 Å². The second-order valence-corrected chi connectivity index (χ2v) is 4.21. The summed E-state index contributed by atoms with van der Waals surface area (Å²) in [5, 5.41) is 8.99. The molecule has 1 aromatic heterocycles. The number of rotatable bonds is 3. The maximum Gasteiger partial charge on any atom is 0.231 e. The first-order chi connectivity index (χ1) is 7.20. The normalized spacial score (nSPS) is 15.1. The maximum absolute atomic E-state index is 8.99. The van der Waals surface area contributed by atoms with E-state index < -0.39 is 0 Å². The molecule has 0 aliphatic heterocycles. The van der Waals surface area contributed by atoms with Gasteiger partial charge in [-0.1, -0.05) is 13.8 Å². The van der Waals surface area contributed by atoms with E-state index in [1.165, 1.54) is 0 Å². The second kappa shape index (κ2) is 3.90. The molecule has 1 fully saturated rings. The maximum atomic E-state index is 8.99. The minimum absolute atomic E-state index is 0.287. The molecule has 3 heteroatoms. The van der Waals surface area contributed by atoms with E-state index in [2.05, 4.69) is 24.9 Å². The highest BCUT2D eigenvalue weighted by molar-refractivity contribution is 5.41. The zero-order chi connectivity index (χ0) is 10.8. The Labute approximate surface area is 89.7 Å². The van der Waals surface area contributed by atoms with Crippen molar-refractivity contribution in [3.05, 3.63) is 23.4 Å². The molecule has 78 valence electrons. The molecule has 0 bridgehead atoms. The van der Waals surface area contributed by atoms with Crippen molar-refractivity contribution >= 4 is 0 Å². The molecular weight excluding hydrogens is 188 g/mol. The van der Waals surface area contributed by atoms with Gasteiger partial charge in [0.2, 0.25) is 5.88 Å². The van der Waals surface area contributed by atoms with Crippen molar-refractivity contribution in [3.8, 4) is 11.9 Å². The van der Waals surface area contributed by atoms with Crippen molar-refractivity contribution in [2.75, 3.05) is 0 Å². The van der Waals surface area contributed by atoms with Crippen LogP contribution in [0.5, 0.6) is 5.88 Å². The largest absolute Gasteiger partial charge is 0.473 e. The first-order valence-corrected chi connectivity index (χ1v) is 5.27. The predicted octanol–water partition coefficient (Wildman–Crippen LogP) is 2.62. The van der Waals surface area contributed by atoms with E-state index in [9.17, 15) is 0 Å². The Bertz CT molecular complexity index is 403. The van der Waals surface area contributed by atoms with Gasteiger partial charge in [0.05, 0.1) is 0 Å². The summed E-state index contributed by atoms with van der Waals surface area (Å²) in [5.41, 5.74) is 1.63. The topological polar surface area (TPSA) is 45.9 Å². The van der Waals surface area contributed by atoms with Crippen molar-refractivity contribution in [1.82, 2.24) is 4.98 Å². The number of nitrogens with zero attached hydrogens (tertiary/aromatic N) is 2. The van der Waals surface area contributed by atoms with Crippen molar-refractivity contribution in [2.24, 2.45) is 0 Å². The van der Waals surface area contributed by atoms with Crippen LogP contribution in [0.25, 0.3) is 0 Å². The van der Waals surface area contributed by atoms with Gasteiger partial charge in [0.25, 0.3) is 0 Å². The van der Waals surface area contributed by atoms with Crippen LogP contribution in [0.15, 0.2) is 12.3 Å². The van der Waals surface area contributed by atoms with Gasteiger partial charge >= 0.3 is 0 Å². The van der Waals surface area contributed by atoms with E-state index in [1.807, 2.05) is 6.07 Å². The fraction of sp³-hybridized carbons (Fsp3) is 0.500. The van der Waals surface area contributed by atoms with Crippen LogP contribution in [0.4, 0.5) is 0 Å². The highest BCUT2D eigenvalue weighted by Gasteiger charge is 2.25. The van der Waals surface area contributed by atoms with Crippen LogP contribution in [0.2, 0.25) is 0 Å². The van der Waals surface area contributed by atoms with Crippen LogP contribution in [0, 0.1) is 11.3 Å². The average Bonchev–Trinajstić information content (AvgIpc) is 3.02. The lowest BCUT2D eigenvalue weighted by Gasteiger charge is -2.08. The first-order valence-electron chi connectivity index (χ1n) is 5.27. The number of pyridine rings is 1. The van der Waals surface area contributed by atoms with Gasteiger partial charge in [-0.3, -0.25) is 0 Å². The Morgan fingerprint density at radius 1 is 1.53 bits per heavy atom. The standard InChI is InChI=1S/C12H14N2O/c1-8(2)10-5-9(6-13)12(14-7-10)15-11-3-4-11/h5,7-8,11H,3-4H2,1-2H3. The molecule has 0 unspecified atom stereocenters. The number of nitriles is 1. The van der Waals surface area contributed by atoms with Gasteiger partial charge in [-0.25, -0.2) is 4.98 Å². The molecule has 0 radical (unpaired) electrons. The van der Waals surface area contributed by atoms with E-state index in [0.717, 1.165) is 18.4 Å². The molecule has 0 spiro atoms. The zero-order valence-corrected chi connectivity index (χ0v) is 9.03. The Morgan fingerprint density at radius 2 is 2.27 bits per heavy atom. The lowest BCUT2D eigenvalue weighted by atomic mass is 10.0. The molecule has 0 aromatic carbocycles. The summed E-state index contributed by atoms with van der Waals surface area (Å²) in [6.45, 7) is 4.17. The lowest BCUT2D eigenvalue weighted by molar-refractivity contribution is 0.290. The second-order valence-electron chi connectivity index (χ2n) is 4.21. The summed E-state index contributed by atoms with van der Waals surface area (Å²) in [6, 6.07) is 4.01. The molecule has 1 aliphatic carbocycles. The zero-order valence-electron chi connectivity index (χ0n) is 9.03. The van der Waals surface area contributed by atoms with Gasteiger partial charge in [0.15, 0.2) is 0 Å². The van der Waals surface area contributed by atoms with Crippen LogP contribution in [-0.4, -0.2) is 11.1 Å². The number of ether oxygens (including phenoxy) is 1. The van der Waals surface area contributed by atoms with E-state index in [-0.39, 0.29) is 6.10 Å². The van der Waals surface area contributed by atoms with E-state index in [4.69, 9.17) is 10.00 Å². The van der Waals surface area contributed by atoms with Gasteiger partial charge < -0.3 is 4.74 Å². The summed E-state index contributed by atoms with van der Waals surface area (Å²) in [5.74, 6) is 0.879. The van der Waals surface area contributed by atoms with Crippen molar-refractivity contribution in [3.63, 3.8) is 0 Å². The lowest BCUT2D eigenvalue weighted by Crippen LogP contribution is -2.02. The van der Waals surface area contributed by atoms with E-state index in [0.29, 0.717) is 17.4 Å². The van der Waals surface area contributed by atoms with Crippen molar-refractivity contribution < 1.29 is 4.74 Å². The smallest absolute Gasteiger partial charge is 0.231 e. The molecule has 1 heterocycles. The quantitative estimate of drug-likeness (QED) is 0.756. The van der Waals surface area contributed by atoms with E-state index in [1.54, 1.807) is 6.20 Å². The molecule has 1 aromatic rings. The highest BCUT2D eigenvalue weighted by Crippen LogP contribution is 2.28. The molecule has 0 N–H and O–H groups in total. The highest BCUT2D eigenvalue weighted by atomic mass is 16.5. The molecule has 0 atom stereocenters. The van der Waals surface area contributed by atoms with Gasteiger partial charge in [0, 0.05) is 6.20 Å². The molecule has 15 heavy (non-hydrogen) atoms. The van der Waals surface area contributed by atoms with Crippen LogP contribution < -0.4 is 4.74 Å². The van der Waals surface area contributed by atoms with Gasteiger partial charge in [-0.05, 0) is 30.4 Å². The van der Waals surface area contributed by atoms with Crippen molar-refractivity contribution in [2.45, 2.75) is 38.7 Å². The van der Waals surface area contributed by atoms with Crippen LogP contribution in [0.1, 0.15) is 43.7 Å². The molecule has 1 aliphatic rings. The molecule has 2 rings (SSSR count).